The van der Waals surface area contributed by atoms with E-state index in [1.807, 2.05) is 0 Å². The van der Waals surface area contributed by atoms with Crippen LogP contribution < -0.4 is 15.5 Å². The van der Waals surface area contributed by atoms with Crippen molar-refractivity contribution in [2.75, 3.05) is 30.2 Å². The number of rotatable bonds is 11. The molecule has 1 aliphatic rings. The number of anilines is 2. The number of Topliss-reactive ketones (excluding diaryl/α,β-unsaturated/α-hetero) is 1. The number of hydrogen-bond donors (Lipinski definition) is 6. The number of allylic oxidation sites excluding steroid dienone is 1. The van der Waals surface area contributed by atoms with E-state index in [0.717, 1.165) is 20.1 Å². The summed E-state index contributed by atoms with van der Waals surface area (Å²) in [7, 11) is -18.6. The SMILES string of the molecule is COc1cc(NN=C2C(=O)c3c(cc(S(=O)(=O)O)cc3NC(C)=O)C=C2S(=O)(=O)O)c(O)cc1S(=O)(=O)CCOS(=O)(=O)O.[Cu].[H+].[H+].[H+]. The molecule has 0 heterocycles. The number of carbonyl (C=O) groups excluding carboxylic acids is 2. The molecule has 24 heteroatoms. The number of hydrazone groups is 1. The third-order valence-corrected chi connectivity index (χ3v) is 9.34. The standard InChI is InChI=1S/C21H21N3O16S4.Cu/c1-10(25)22-14-7-12(42(30,31)32)5-11-6-18(43(33,34)35)20(21(27)19(11)14)24-23-13-8-16(39-2)17(9-15(13)26)41(28,29)4-3-40-44(36,37)38;/h5-9,23,26H,3-4H2,1-2H3,(H,22,25)(H,30,31,32)(H,33,34,35)(H,36,37,38);/p+3. The number of hydrogen-bond acceptors (Lipinski definition) is 15. The Kier molecular flexibility index (Phi) is 11.3. The van der Waals surface area contributed by atoms with Crippen LogP contribution in [-0.2, 0) is 66.5 Å². The van der Waals surface area contributed by atoms with E-state index in [2.05, 4.69) is 20.0 Å². The smallest absolute Gasteiger partial charge is 0.506 e. The van der Waals surface area contributed by atoms with E-state index in [1.54, 1.807) is 0 Å². The van der Waals surface area contributed by atoms with Gasteiger partial charge in [-0.15, -0.1) is 0 Å². The van der Waals surface area contributed by atoms with Gasteiger partial charge in [0.05, 0.1) is 35.6 Å². The van der Waals surface area contributed by atoms with Gasteiger partial charge in [0.15, 0.2) is 15.5 Å². The first-order valence-electron chi connectivity index (χ1n) is 11.3. The first-order valence-corrected chi connectivity index (χ1v) is 17.2. The van der Waals surface area contributed by atoms with Crippen molar-refractivity contribution in [2.45, 2.75) is 16.7 Å². The van der Waals surface area contributed by atoms with E-state index >= 15 is 0 Å². The fourth-order valence-corrected chi connectivity index (χ4v) is 6.56. The van der Waals surface area contributed by atoms with Gasteiger partial charge in [0, 0.05) is 36.1 Å². The van der Waals surface area contributed by atoms with Crippen LogP contribution in [0.4, 0.5) is 11.4 Å². The first-order chi connectivity index (χ1) is 20.0. The molecule has 0 saturated carbocycles. The van der Waals surface area contributed by atoms with Crippen LogP contribution in [0.25, 0.3) is 6.08 Å². The van der Waals surface area contributed by atoms with Gasteiger partial charge in [-0.05, 0) is 23.8 Å². The molecule has 0 atom stereocenters. The Labute approximate surface area is 270 Å². The fourth-order valence-electron chi connectivity index (χ4n) is 3.70. The van der Waals surface area contributed by atoms with Crippen molar-refractivity contribution in [3.8, 4) is 11.5 Å². The molecule has 1 amide bonds. The van der Waals surface area contributed by atoms with Crippen molar-refractivity contribution in [1.82, 2.24) is 0 Å². The molecule has 0 spiro atoms. The number of fused-ring (bicyclic) bond motifs is 1. The van der Waals surface area contributed by atoms with Gasteiger partial charge in [-0.3, -0.25) is 28.7 Å². The molecule has 251 valence electrons. The predicted octanol–water partition coefficient (Wildman–Crippen LogP) is 0.427. The van der Waals surface area contributed by atoms with Crippen LogP contribution in [-0.4, -0.2) is 89.3 Å². The van der Waals surface area contributed by atoms with Gasteiger partial charge in [0.1, 0.15) is 27.0 Å². The zero-order chi connectivity index (χ0) is 33.4. The summed E-state index contributed by atoms with van der Waals surface area (Å²) < 4.78 is 131. The van der Waals surface area contributed by atoms with Crippen molar-refractivity contribution >= 4 is 75.3 Å². The van der Waals surface area contributed by atoms with Gasteiger partial charge < -0.3 is 15.2 Å². The molecule has 0 bridgehead atoms. The van der Waals surface area contributed by atoms with Gasteiger partial charge in [-0.25, -0.2) is 12.6 Å². The minimum absolute atomic E-state index is 0. The van der Waals surface area contributed by atoms with Crippen LogP contribution >= 0.6 is 0 Å². The summed E-state index contributed by atoms with van der Waals surface area (Å²) in [6.45, 7) is -0.00330. The second kappa shape index (κ2) is 13.5. The summed E-state index contributed by atoms with van der Waals surface area (Å²) in [5, 5.41) is 16.2. The predicted molar refractivity (Wildman–Crippen MR) is 153 cm³/mol. The van der Waals surface area contributed by atoms with Gasteiger partial charge in [-0.1, -0.05) is 0 Å². The third-order valence-electron chi connectivity index (χ3n) is 5.48. The quantitative estimate of drug-likeness (QED) is 0.0782. The number of benzene rings is 2. The van der Waals surface area contributed by atoms with Crippen LogP contribution in [0.5, 0.6) is 11.5 Å². The minimum Gasteiger partial charge on any atom is -0.506 e. The second-order valence-electron chi connectivity index (χ2n) is 8.57. The number of methoxy groups -OCH3 is 1. The number of amides is 1. The van der Waals surface area contributed by atoms with Crippen molar-refractivity contribution in [2.24, 2.45) is 5.10 Å². The Balaban J connectivity index is 0. The minimum atomic E-state index is -5.28. The molecule has 0 fully saturated rings. The van der Waals surface area contributed by atoms with Crippen molar-refractivity contribution in [3.05, 3.63) is 40.3 Å². The molecule has 1 radical (unpaired) electrons. The average molecular weight is 766 g/mol. The van der Waals surface area contributed by atoms with Crippen LogP contribution in [0.1, 0.15) is 27.1 Å². The van der Waals surface area contributed by atoms with Crippen molar-refractivity contribution < 1.29 is 92.3 Å². The van der Waals surface area contributed by atoms with Gasteiger partial charge in [0.25, 0.3) is 20.2 Å². The van der Waals surface area contributed by atoms with Gasteiger partial charge in [0.2, 0.25) is 11.7 Å². The number of nitrogens with zero attached hydrogens (tertiary/aromatic N) is 1. The maximum Gasteiger partial charge on any atom is 1.00 e. The van der Waals surface area contributed by atoms with E-state index in [1.165, 1.54) is 0 Å². The summed E-state index contributed by atoms with van der Waals surface area (Å²) in [5.41, 5.74) is -0.849. The molecule has 0 aliphatic heterocycles. The summed E-state index contributed by atoms with van der Waals surface area (Å²) in [5.74, 6) is -4.43. The number of phenolic OH excluding ortho intramolecular Hbond substituents is 1. The number of sulfone groups is 1. The molecule has 2 aromatic rings. The summed E-state index contributed by atoms with van der Waals surface area (Å²) in [6, 6.07) is 2.88. The summed E-state index contributed by atoms with van der Waals surface area (Å²) in [4.78, 5) is 22.5. The number of aromatic hydroxyl groups is 1. The van der Waals surface area contributed by atoms with Crippen LogP contribution in [0.2, 0.25) is 0 Å². The molecular formula is C21H24CuN3O16S4+3. The van der Waals surface area contributed by atoms with Crippen LogP contribution in [0.15, 0.2) is 44.1 Å². The van der Waals surface area contributed by atoms with Gasteiger partial charge >= 0.3 is 14.7 Å². The maximum atomic E-state index is 13.4. The Morgan fingerprint density at radius 1 is 0.956 bits per heavy atom. The zero-order valence-electron chi connectivity index (χ0n) is 25.4. The molecule has 2 aromatic carbocycles. The largest absolute Gasteiger partial charge is 1.00 e. The average Bonchev–Trinajstić information content (AvgIpc) is 2.85. The van der Waals surface area contributed by atoms with Crippen LogP contribution in [0.3, 0.4) is 0 Å². The van der Waals surface area contributed by atoms with Crippen molar-refractivity contribution in [1.29, 1.82) is 0 Å². The zero-order valence-corrected chi connectivity index (χ0v) is 26.6. The Hall–Kier alpha value is -3.45. The maximum absolute atomic E-state index is 13.4. The van der Waals surface area contributed by atoms with E-state index in [0.29, 0.717) is 24.3 Å². The topological polar surface area (TPSA) is 306 Å². The molecule has 19 nitrogen and oxygen atoms in total. The first kappa shape index (κ1) is 37.7. The number of nitrogens with one attached hydrogen (secondary N) is 2. The van der Waals surface area contributed by atoms with E-state index in [9.17, 15) is 57.5 Å². The molecular weight excluding hydrogens is 742 g/mol. The van der Waals surface area contributed by atoms with Crippen LogP contribution in [0, 0.1) is 0 Å². The van der Waals surface area contributed by atoms with E-state index in [-0.39, 0.29) is 21.3 Å². The Morgan fingerprint density at radius 2 is 1.58 bits per heavy atom. The molecule has 1 aliphatic carbocycles. The van der Waals surface area contributed by atoms with Gasteiger partial charge in [-0.2, -0.15) is 30.4 Å². The molecule has 6 N–H and O–H groups in total. The Bertz CT molecular complexity index is 2090. The third kappa shape index (κ3) is 9.06. The number of phenols is 1. The molecule has 0 aromatic heterocycles. The molecule has 0 unspecified atom stereocenters. The molecule has 0 saturated heterocycles. The molecule has 45 heavy (non-hydrogen) atoms. The van der Waals surface area contributed by atoms with E-state index < -0.39 is 119 Å². The van der Waals surface area contributed by atoms with Crippen molar-refractivity contribution in [3.63, 3.8) is 0 Å². The second-order valence-corrected chi connectivity index (χ2v) is 14.5. The Morgan fingerprint density at radius 3 is 2.09 bits per heavy atom. The number of ketones is 1. The summed E-state index contributed by atoms with van der Waals surface area (Å²) in [6.07, 6.45) is 0.622. The van der Waals surface area contributed by atoms with E-state index in [4.69, 9.17) is 9.29 Å². The fraction of sp³-hybridized carbons (Fsp3) is 0.190. The normalized spacial score (nSPS) is 14.6. The number of ether oxygens (including phenoxy) is 1. The number of carbonyl (C=O) groups is 2. The molecule has 3 rings (SSSR count). The monoisotopic (exact) mass is 765 g/mol. The summed E-state index contributed by atoms with van der Waals surface area (Å²) >= 11 is 0.